The molecule has 1 aliphatic carbocycles. The predicted molar refractivity (Wildman–Crippen MR) is 85.4 cm³/mol. The van der Waals surface area contributed by atoms with E-state index in [1.54, 1.807) is 0 Å². The highest BCUT2D eigenvalue weighted by atomic mass is 127. The van der Waals surface area contributed by atoms with E-state index >= 15 is 0 Å². The molecule has 0 saturated heterocycles. The quantitative estimate of drug-likeness (QED) is 0.404. The van der Waals surface area contributed by atoms with Crippen LogP contribution in [0.4, 0.5) is 0 Å². The van der Waals surface area contributed by atoms with Crippen molar-refractivity contribution in [1.82, 2.24) is 0 Å². The smallest absolute Gasteiger partial charge is 0.0619 e. The summed E-state index contributed by atoms with van der Waals surface area (Å²) < 4.78 is 0.0924. The van der Waals surface area contributed by atoms with E-state index in [4.69, 9.17) is 0 Å². The Morgan fingerprint density at radius 1 is 0.875 bits per heavy atom. The molecule has 1 aliphatic rings. The summed E-state index contributed by atoms with van der Waals surface area (Å²) in [6.07, 6.45) is 0. The van der Waals surface area contributed by atoms with E-state index < -0.39 is 0 Å². The number of aryl methyl sites for hydroxylation is 1. The molecule has 0 aromatic heterocycles. The zero-order valence-electron chi connectivity index (χ0n) is 8.80. The van der Waals surface area contributed by atoms with Gasteiger partial charge < -0.3 is 0 Å². The molecule has 0 unspecified atom stereocenters. The maximum absolute atomic E-state index is 2.55. The molecule has 2 heteroatoms. The van der Waals surface area contributed by atoms with E-state index in [0.29, 0.717) is 0 Å². The van der Waals surface area contributed by atoms with Crippen LogP contribution in [0.2, 0.25) is 0 Å². The first-order chi connectivity index (χ1) is 7.60. The van der Waals surface area contributed by atoms with Gasteiger partial charge in [0.25, 0.3) is 0 Å². The summed E-state index contributed by atoms with van der Waals surface area (Å²) in [7, 11) is 0. The molecule has 0 nitrogen and oxygen atoms in total. The first-order valence-corrected chi connectivity index (χ1v) is 7.35. The van der Waals surface area contributed by atoms with Crippen molar-refractivity contribution in [1.29, 1.82) is 0 Å². The summed E-state index contributed by atoms with van der Waals surface area (Å²) >= 11 is 5.09. The van der Waals surface area contributed by atoms with Crippen LogP contribution in [0.1, 0.15) is 16.7 Å². The Kier molecular flexibility index (Phi) is 2.55. The first-order valence-electron chi connectivity index (χ1n) is 5.19. The lowest BCUT2D eigenvalue weighted by atomic mass is 10.0. The zero-order valence-corrected chi connectivity index (χ0v) is 13.1. The molecule has 16 heavy (non-hydrogen) atoms. The van der Waals surface area contributed by atoms with Gasteiger partial charge in [-0.3, -0.25) is 0 Å². The van der Waals surface area contributed by atoms with Gasteiger partial charge in [-0.1, -0.05) is 93.2 Å². The zero-order chi connectivity index (χ0) is 11.3. The molecule has 80 valence electrons. The minimum Gasteiger partial charge on any atom is -0.0619 e. The second-order valence-electron chi connectivity index (χ2n) is 4.17. The van der Waals surface area contributed by atoms with Crippen LogP contribution in [0.5, 0.6) is 0 Å². The lowest BCUT2D eigenvalue weighted by Crippen LogP contribution is -2.05. The lowest BCUT2D eigenvalue weighted by molar-refractivity contribution is 1.22. The standard InChI is InChI=1S/C14H10I2/c1-9-6-7-13-11(8-9)10-4-2-3-5-12(10)14(13,15)16/h2-8H,1H3. The Morgan fingerprint density at radius 2 is 1.56 bits per heavy atom. The molecule has 0 fully saturated rings. The summed E-state index contributed by atoms with van der Waals surface area (Å²) in [6.45, 7) is 2.16. The highest BCUT2D eigenvalue weighted by Crippen LogP contribution is 2.57. The van der Waals surface area contributed by atoms with Crippen molar-refractivity contribution in [3.63, 3.8) is 0 Å². The van der Waals surface area contributed by atoms with Crippen molar-refractivity contribution in [2.75, 3.05) is 0 Å². The second kappa shape index (κ2) is 3.70. The fourth-order valence-corrected chi connectivity index (χ4v) is 4.17. The molecule has 0 spiro atoms. The van der Waals surface area contributed by atoms with Gasteiger partial charge in [-0.05, 0) is 29.2 Å². The van der Waals surface area contributed by atoms with Crippen LogP contribution < -0.4 is 0 Å². The first kappa shape index (κ1) is 11.0. The number of hydrogen-bond donors (Lipinski definition) is 0. The monoisotopic (exact) mass is 432 g/mol. The maximum atomic E-state index is 2.55. The van der Waals surface area contributed by atoms with Crippen LogP contribution in [0.25, 0.3) is 11.1 Å². The van der Waals surface area contributed by atoms with E-state index in [9.17, 15) is 0 Å². The molecular formula is C14H10I2. The van der Waals surface area contributed by atoms with E-state index in [1.165, 1.54) is 27.8 Å². The number of hydrogen-bond acceptors (Lipinski definition) is 0. The Hall–Kier alpha value is -0.1000. The molecule has 2 aromatic carbocycles. The molecular weight excluding hydrogens is 422 g/mol. The van der Waals surface area contributed by atoms with Gasteiger partial charge >= 0.3 is 0 Å². The molecule has 0 bridgehead atoms. The topological polar surface area (TPSA) is 0 Å². The normalized spacial score (nSPS) is 15.7. The van der Waals surface area contributed by atoms with Crippen LogP contribution in [-0.2, 0) is 1.43 Å². The fourth-order valence-electron chi connectivity index (χ4n) is 2.29. The number of halogens is 2. The molecule has 0 amide bonds. The minimum atomic E-state index is 0.0924. The SMILES string of the molecule is Cc1ccc2c(c1)-c1ccccc1C2(I)I. The summed E-state index contributed by atoms with van der Waals surface area (Å²) in [4.78, 5) is 0. The van der Waals surface area contributed by atoms with Crippen molar-refractivity contribution in [2.24, 2.45) is 0 Å². The van der Waals surface area contributed by atoms with Gasteiger partial charge in [0.2, 0.25) is 0 Å². The molecule has 3 rings (SSSR count). The Bertz CT molecular complexity index is 571. The number of alkyl halides is 2. The molecule has 0 aliphatic heterocycles. The van der Waals surface area contributed by atoms with E-state index in [1.807, 2.05) is 0 Å². The summed E-state index contributed by atoms with van der Waals surface area (Å²) in [5.41, 5.74) is 6.99. The van der Waals surface area contributed by atoms with Crippen molar-refractivity contribution in [2.45, 2.75) is 8.35 Å². The van der Waals surface area contributed by atoms with E-state index in [2.05, 4.69) is 94.6 Å². The van der Waals surface area contributed by atoms with E-state index in [0.717, 1.165) is 0 Å². The van der Waals surface area contributed by atoms with Crippen LogP contribution in [0.15, 0.2) is 42.5 Å². The molecule has 0 saturated carbocycles. The van der Waals surface area contributed by atoms with Crippen molar-refractivity contribution >= 4 is 45.2 Å². The van der Waals surface area contributed by atoms with Gasteiger partial charge in [-0.15, -0.1) is 0 Å². The van der Waals surface area contributed by atoms with Crippen molar-refractivity contribution < 1.29 is 0 Å². The largest absolute Gasteiger partial charge is 0.124 e. The van der Waals surface area contributed by atoms with Gasteiger partial charge in [0.1, 0.15) is 1.43 Å². The van der Waals surface area contributed by atoms with Crippen LogP contribution in [0.3, 0.4) is 0 Å². The number of fused-ring (bicyclic) bond motifs is 3. The average Bonchev–Trinajstić information content (AvgIpc) is 2.49. The average molecular weight is 432 g/mol. The lowest BCUT2D eigenvalue weighted by Gasteiger charge is -2.16. The summed E-state index contributed by atoms with van der Waals surface area (Å²) in [5, 5.41) is 0. The van der Waals surface area contributed by atoms with Crippen LogP contribution in [0, 0.1) is 6.92 Å². The molecule has 0 heterocycles. The van der Waals surface area contributed by atoms with Gasteiger partial charge in [0, 0.05) is 0 Å². The van der Waals surface area contributed by atoms with Crippen LogP contribution in [-0.4, -0.2) is 0 Å². The summed E-state index contributed by atoms with van der Waals surface area (Å²) in [5.74, 6) is 0. The fraction of sp³-hybridized carbons (Fsp3) is 0.143. The third-order valence-corrected chi connectivity index (χ3v) is 5.39. The Balaban J connectivity index is 2.40. The van der Waals surface area contributed by atoms with Gasteiger partial charge in [-0.25, -0.2) is 0 Å². The third kappa shape index (κ3) is 1.45. The summed E-state index contributed by atoms with van der Waals surface area (Å²) in [6, 6.07) is 15.5. The second-order valence-corrected chi connectivity index (χ2v) is 9.47. The highest BCUT2D eigenvalue weighted by Gasteiger charge is 2.38. The Labute approximate surface area is 123 Å². The number of benzene rings is 2. The van der Waals surface area contributed by atoms with Gasteiger partial charge in [0.05, 0.1) is 0 Å². The maximum Gasteiger partial charge on any atom is 0.124 e. The molecule has 0 N–H and O–H groups in total. The van der Waals surface area contributed by atoms with Crippen LogP contribution >= 0.6 is 45.2 Å². The Morgan fingerprint density at radius 3 is 2.38 bits per heavy atom. The molecule has 0 atom stereocenters. The van der Waals surface area contributed by atoms with Crippen molar-refractivity contribution in [3.8, 4) is 11.1 Å². The molecule has 0 radical (unpaired) electrons. The third-order valence-electron chi connectivity index (χ3n) is 3.07. The van der Waals surface area contributed by atoms with Gasteiger partial charge in [0.15, 0.2) is 0 Å². The highest BCUT2D eigenvalue weighted by molar-refractivity contribution is 14.2. The molecule has 2 aromatic rings. The minimum absolute atomic E-state index is 0.0924. The predicted octanol–water partition coefficient (Wildman–Crippen LogP) is 5.05. The van der Waals surface area contributed by atoms with Gasteiger partial charge in [-0.2, -0.15) is 0 Å². The number of rotatable bonds is 0. The van der Waals surface area contributed by atoms with Crippen molar-refractivity contribution in [3.05, 3.63) is 59.2 Å². The van der Waals surface area contributed by atoms with E-state index in [-0.39, 0.29) is 1.43 Å².